The van der Waals surface area contributed by atoms with Crippen LogP contribution in [0.15, 0.2) is 41.3 Å². The van der Waals surface area contributed by atoms with Crippen molar-refractivity contribution in [2.45, 2.75) is 18.7 Å². The zero-order valence-electron chi connectivity index (χ0n) is 14.8. The number of amides is 1. The molecule has 0 aliphatic carbocycles. The van der Waals surface area contributed by atoms with Crippen LogP contribution < -0.4 is 5.32 Å². The Hall–Kier alpha value is -2.78. The van der Waals surface area contributed by atoms with Gasteiger partial charge < -0.3 is 5.32 Å². The molecule has 0 aliphatic rings. The Bertz CT molecular complexity index is 984. The first-order valence-electron chi connectivity index (χ1n) is 7.63. The Morgan fingerprint density at radius 2 is 1.77 bits per heavy atom. The molecular formula is C17H19N3O5S. The third-order valence-electron chi connectivity index (χ3n) is 3.86. The summed E-state index contributed by atoms with van der Waals surface area (Å²) >= 11 is 0. The summed E-state index contributed by atoms with van der Waals surface area (Å²) < 4.78 is 25.4. The number of anilines is 1. The normalized spacial score (nSPS) is 11.4. The number of nitrogens with zero attached hydrogens (tertiary/aromatic N) is 2. The van der Waals surface area contributed by atoms with Crippen molar-refractivity contribution in [2.75, 3.05) is 19.4 Å². The molecule has 2 aromatic carbocycles. The zero-order valence-corrected chi connectivity index (χ0v) is 15.6. The molecule has 0 saturated carbocycles. The number of nitro groups is 1. The average Bonchev–Trinajstić information content (AvgIpc) is 2.56. The third-order valence-corrected chi connectivity index (χ3v) is 5.67. The summed E-state index contributed by atoms with van der Waals surface area (Å²) in [5.74, 6) is -0.554. The number of aryl methyl sites for hydroxylation is 2. The van der Waals surface area contributed by atoms with Crippen molar-refractivity contribution in [1.29, 1.82) is 0 Å². The van der Waals surface area contributed by atoms with E-state index in [1.165, 1.54) is 44.4 Å². The molecule has 0 radical (unpaired) electrons. The van der Waals surface area contributed by atoms with Gasteiger partial charge in [-0.1, -0.05) is 6.07 Å². The van der Waals surface area contributed by atoms with Gasteiger partial charge in [-0.3, -0.25) is 14.9 Å². The number of hydrogen-bond acceptors (Lipinski definition) is 5. The fraction of sp³-hybridized carbons (Fsp3) is 0.235. The van der Waals surface area contributed by atoms with Crippen LogP contribution in [-0.2, 0) is 10.0 Å². The van der Waals surface area contributed by atoms with Crippen LogP contribution in [0.25, 0.3) is 0 Å². The van der Waals surface area contributed by atoms with Crippen LogP contribution in [0, 0.1) is 24.0 Å². The van der Waals surface area contributed by atoms with Crippen LogP contribution in [0.4, 0.5) is 11.4 Å². The molecule has 2 aromatic rings. The first kappa shape index (κ1) is 19.5. The predicted octanol–water partition coefficient (Wildman–Crippen LogP) is 2.71. The first-order valence-corrected chi connectivity index (χ1v) is 9.07. The van der Waals surface area contributed by atoms with E-state index < -0.39 is 20.9 Å². The molecule has 1 amide bonds. The van der Waals surface area contributed by atoms with Crippen LogP contribution in [0.2, 0.25) is 0 Å². The highest BCUT2D eigenvalue weighted by Gasteiger charge is 2.20. The van der Waals surface area contributed by atoms with Gasteiger partial charge in [-0.2, -0.15) is 0 Å². The van der Waals surface area contributed by atoms with Crippen molar-refractivity contribution in [3.05, 3.63) is 63.2 Å². The Balaban J connectivity index is 2.38. The van der Waals surface area contributed by atoms with Gasteiger partial charge in [0.1, 0.15) is 0 Å². The largest absolute Gasteiger partial charge is 0.321 e. The average molecular weight is 377 g/mol. The van der Waals surface area contributed by atoms with Crippen molar-refractivity contribution in [3.63, 3.8) is 0 Å². The van der Waals surface area contributed by atoms with Crippen LogP contribution in [-0.4, -0.2) is 37.6 Å². The summed E-state index contributed by atoms with van der Waals surface area (Å²) in [6.45, 7) is 3.34. The highest BCUT2D eigenvalue weighted by atomic mass is 32.2. The number of sulfonamides is 1. The molecule has 8 nitrogen and oxygen atoms in total. The molecule has 26 heavy (non-hydrogen) atoms. The number of carbonyl (C=O) groups excluding carboxylic acids is 1. The number of carbonyl (C=O) groups is 1. The molecule has 0 aliphatic heterocycles. The minimum Gasteiger partial charge on any atom is -0.321 e. The molecule has 0 spiro atoms. The van der Waals surface area contributed by atoms with Gasteiger partial charge in [-0.05, 0) is 43.7 Å². The zero-order chi connectivity index (χ0) is 19.6. The van der Waals surface area contributed by atoms with E-state index in [1.54, 1.807) is 19.9 Å². The fourth-order valence-corrected chi connectivity index (χ4v) is 3.32. The molecule has 9 heteroatoms. The third kappa shape index (κ3) is 3.89. The predicted molar refractivity (Wildman–Crippen MR) is 97.8 cm³/mol. The Labute approximate surface area is 151 Å². The summed E-state index contributed by atoms with van der Waals surface area (Å²) in [4.78, 5) is 23.0. The van der Waals surface area contributed by atoms with Crippen molar-refractivity contribution < 1.29 is 18.1 Å². The maximum absolute atomic E-state index is 12.5. The van der Waals surface area contributed by atoms with Crippen molar-refractivity contribution >= 4 is 27.3 Å². The second-order valence-electron chi connectivity index (χ2n) is 5.98. The van der Waals surface area contributed by atoms with E-state index in [0.717, 1.165) is 4.31 Å². The lowest BCUT2D eigenvalue weighted by Gasteiger charge is -2.13. The number of nitro benzene ring substituents is 1. The molecule has 0 atom stereocenters. The summed E-state index contributed by atoms with van der Waals surface area (Å²) in [7, 11) is -0.874. The van der Waals surface area contributed by atoms with Gasteiger partial charge in [0.2, 0.25) is 10.0 Å². The molecule has 2 rings (SSSR count). The molecule has 0 heterocycles. The van der Waals surface area contributed by atoms with Crippen molar-refractivity contribution in [3.8, 4) is 0 Å². The van der Waals surface area contributed by atoms with Crippen LogP contribution >= 0.6 is 0 Å². The summed E-state index contributed by atoms with van der Waals surface area (Å²) in [5.41, 5.74) is 1.49. The van der Waals surface area contributed by atoms with E-state index in [4.69, 9.17) is 0 Å². The van der Waals surface area contributed by atoms with E-state index in [2.05, 4.69) is 5.32 Å². The van der Waals surface area contributed by atoms with E-state index in [9.17, 15) is 23.3 Å². The quantitative estimate of drug-likeness (QED) is 0.636. The highest BCUT2D eigenvalue weighted by Crippen LogP contribution is 2.27. The molecule has 0 saturated heterocycles. The van der Waals surface area contributed by atoms with E-state index in [0.29, 0.717) is 16.8 Å². The van der Waals surface area contributed by atoms with Crippen LogP contribution in [0.1, 0.15) is 21.5 Å². The van der Waals surface area contributed by atoms with E-state index in [1.807, 2.05) is 0 Å². The smallest absolute Gasteiger partial charge is 0.274 e. The van der Waals surface area contributed by atoms with Gasteiger partial charge in [-0.15, -0.1) is 0 Å². The Kier molecular flexibility index (Phi) is 5.43. The fourth-order valence-electron chi connectivity index (χ4n) is 2.38. The van der Waals surface area contributed by atoms with Gasteiger partial charge in [0.15, 0.2) is 0 Å². The molecule has 1 N–H and O–H groups in total. The number of nitrogens with one attached hydrogen (secondary N) is 1. The van der Waals surface area contributed by atoms with E-state index >= 15 is 0 Å². The lowest BCUT2D eigenvalue weighted by Crippen LogP contribution is -2.22. The second-order valence-corrected chi connectivity index (χ2v) is 8.13. The summed E-state index contributed by atoms with van der Waals surface area (Å²) in [6.07, 6.45) is 0. The number of benzene rings is 2. The maximum Gasteiger partial charge on any atom is 0.274 e. The maximum atomic E-state index is 12.5. The van der Waals surface area contributed by atoms with Crippen LogP contribution in [0.3, 0.4) is 0 Å². The molecule has 0 aromatic heterocycles. The SMILES string of the molecule is Cc1cc(C)c([N+](=O)[O-])cc1NC(=O)c1cccc(S(=O)(=O)N(C)C)c1. The van der Waals surface area contributed by atoms with Gasteiger partial charge in [-0.25, -0.2) is 12.7 Å². The molecule has 0 unspecified atom stereocenters. The van der Waals surface area contributed by atoms with Gasteiger partial charge in [0, 0.05) is 31.3 Å². The Morgan fingerprint density at radius 1 is 1.12 bits per heavy atom. The summed E-state index contributed by atoms with van der Waals surface area (Å²) in [6, 6.07) is 8.51. The lowest BCUT2D eigenvalue weighted by atomic mass is 10.1. The molecule has 0 fully saturated rings. The molecule has 0 bridgehead atoms. The van der Waals surface area contributed by atoms with Crippen molar-refractivity contribution in [2.24, 2.45) is 0 Å². The lowest BCUT2D eigenvalue weighted by molar-refractivity contribution is -0.385. The number of rotatable bonds is 5. The number of hydrogen-bond donors (Lipinski definition) is 1. The standard InChI is InChI=1S/C17H19N3O5S/c1-11-8-12(2)16(20(22)23)10-15(11)18-17(21)13-6-5-7-14(9-13)26(24,25)19(3)4/h5-10H,1-4H3,(H,18,21). The molecular weight excluding hydrogens is 358 g/mol. The van der Waals surface area contributed by atoms with Crippen molar-refractivity contribution in [1.82, 2.24) is 4.31 Å². The topological polar surface area (TPSA) is 110 Å². The van der Waals surface area contributed by atoms with E-state index in [-0.39, 0.29) is 16.1 Å². The first-order chi connectivity index (χ1) is 12.0. The summed E-state index contributed by atoms with van der Waals surface area (Å²) in [5, 5.41) is 13.7. The highest BCUT2D eigenvalue weighted by molar-refractivity contribution is 7.89. The van der Waals surface area contributed by atoms with Gasteiger partial charge in [0.05, 0.1) is 15.5 Å². The Morgan fingerprint density at radius 3 is 2.35 bits per heavy atom. The second kappa shape index (κ2) is 7.22. The van der Waals surface area contributed by atoms with Gasteiger partial charge in [0.25, 0.3) is 11.6 Å². The van der Waals surface area contributed by atoms with Crippen LogP contribution in [0.5, 0.6) is 0 Å². The van der Waals surface area contributed by atoms with Gasteiger partial charge >= 0.3 is 0 Å². The minimum absolute atomic E-state index is 0.0123. The molecule has 138 valence electrons. The minimum atomic E-state index is -3.67. The monoisotopic (exact) mass is 377 g/mol.